The van der Waals surface area contributed by atoms with Gasteiger partial charge in [0.05, 0.1) is 0 Å². The third kappa shape index (κ3) is 1.62. The second-order valence-corrected chi connectivity index (χ2v) is 4.25. The molecule has 90 valence electrons. The Morgan fingerprint density at radius 2 is 1.94 bits per heavy atom. The molecule has 1 aromatic carbocycles. The first-order valence-electron chi connectivity index (χ1n) is 5.53. The summed E-state index contributed by atoms with van der Waals surface area (Å²) in [5, 5.41) is 0.815. The summed E-state index contributed by atoms with van der Waals surface area (Å²) in [5.41, 5.74) is 1.52. The van der Waals surface area contributed by atoms with Crippen LogP contribution >= 0.6 is 0 Å². The van der Waals surface area contributed by atoms with Crippen LogP contribution in [0.15, 0.2) is 51.7 Å². The first-order chi connectivity index (χ1) is 8.65. The van der Waals surface area contributed by atoms with Gasteiger partial charge in [-0.2, -0.15) is 0 Å². The normalized spacial score (nSPS) is 19.2. The van der Waals surface area contributed by atoms with E-state index in [1.54, 1.807) is 12.1 Å². The third-order valence-electron chi connectivity index (χ3n) is 3.02. The Labute approximate surface area is 102 Å². The van der Waals surface area contributed by atoms with Gasteiger partial charge in [-0.05, 0) is 23.3 Å². The molecule has 4 nitrogen and oxygen atoms in total. The molecule has 1 saturated heterocycles. The highest BCUT2D eigenvalue weighted by Crippen LogP contribution is 2.31. The van der Waals surface area contributed by atoms with Crippen molar-refractivity contribution in [3.63, 3.8) is 0 Å². The highest BCUT2D eigenvalue weighted by molar-refractivity contribution is 5.86. The van der Waals surface area contributed by atoms with Crippen molar-refractivity contribution in [2.24, 2.45) is 0 Å². The summed E-state index contributed by atoms with van der Waals surface area (Å²) in [6.45, 7) is 4.07. The van der Waals surface area contributed by atoms with E-state index in [0.717, 1.165) is 16.5 Å². The predicted octanol–water partition coefficient (Wildman–Crippen LogP) is 1.99. The molecular weight excluding hydrogens is 232 g/mol. The van der Waals surface area contributed by atoms with Crippen LogP contribution < -0.4 is 5.63 Å². The van der Waals surface area contributed by atoms with Crippen LogP contribution in [-0.2, 0) is 9.53 Å². The molecule has 3 rings (SSSR count). The van der Waals surface area contributed by atoms with Gasteiger partial charge in [0.15, 0.2) is 0 Å². The fourth-order valence-electron chi connectivity index (χ4n) is 2.13. The molecule has 2 aromatic rings. The maximum absolute atomic E-state index is 11.6. The number of carbonyl (C=O) groups excluding carboxylic acids is 1. The summed E-state index contributed by atoms with van der Waals surface area (Å²) in [5.74, 6) is -0.766. The molecular formula is C14H10O4. The minimum absolute atomic E-state index is 0.250. The molecule has 4 heteroatoms. The van der Waals surface area contributed by atoms with Crippen LogP contribution in [0.4, 0.5) is 0 Å². The monoisotopic (exact) mass is 242 g/mol. The van der Waals surface area contributed by atoms with Gasteiger partial charge in [0.25, 0.3) is 0 Å². The van der Waals surface area contributed by atoms with Crippen LogP contribution in [0.5, 0.6) is 0 Å². The Morgan fingerprint density at radius 1 is 1.17 bits per heavy atom. The van der Waals surface area contributed by atoms with Gasteiger partial charge in [0, 0.05) is 11.5 Å². The second-order valence-electron chi connectivity index (χ2n) is 4.25. The number of hydrogen-bond acceptors (Lipinski definition) is 4. The Bertz CT molecular complexity index is 695. The van der Waals surface area contributed by atoms with E-state index in [-0.39, 0.29) is 12.6 Å². The number of benzene rings is 1. The van der Waals surface area contributed by atoms with Crippen molar-refractivity contribution in [1.82, 2.24) is 0 Å². The molecule has 0 unspecified atom stereocenters. The zero-order valence-corrected chi connectivity index (χ0v) is 9.51. The number of ether oxygens (including phenoxy) is 1. The Morgan fingerprint density at radius 3 is 2.67 bits per heavy atom. The van der Waals surface area contributed by atoms with E-state index >= 15 is 0 Å². The van der Waals surface area contributed by atoms with Crippen molar-refractivity contribution >= 4 is 16.9 Å². The van der Waals surface area contributed by atoms with Crippen LogP contribution in [0.25, 0.3) is 11.0 Å². The summed E-state index contributed by atoms with van der Waals surface area (Å²) in [6, 6.07) is 8.38. The van der Waals surface area contributed by atoms with Gasteiger partial charge in [0.2, 0.25) is 0 Å². The van der Waals surface area contributed by atoms with Crippen LogP contribution in [-0.4, -0.2) is 12.6 Å². The second kappa shape index (κ2) is 3.84. The molecule has 1 aromatic heterocycles. The van der Waals surface area contributed by atoms with Crippen molar-refractivity contribution in [3.05, 3.63) is 58.5 Å². The average molecular weight is 242 g/mol. The molecule has 0 aliphatic carbocycles. The minimum Gasteiger partial charge on any atom is -0.460 e. The molecule has 1 aliphatic rings. The van der Waals surface area contributed by atoms with Crippen molar-refractivity contribution < 1.29 is 13.9 Å². The molecule has 0 saturated carbocycles. The minimum atomic E-state index is -0.458. The van der Waals surface area contributed by atoms with Crippen molar-refractivity contribution in [1.29, 1.82) is 0 Å². The molecule has 0 spiro atoms. The van der Waals surface area contributed by atoms with Gasteiger partial charge in [-0.15, -0.1) is 0 Å². The number of rotatable bonds is 1. The highest BCUT2D eigenvalue weighted by Gasteiger charge is 2.31. The van der Waals surface area contributed by atoms with Crippen molar-refractivity contribution in [2.75, 3.05) is 6.61 Å². The van der Waals surface area contributed by atoms with Gasteiger partial charge in [-0.25, -0.2) is 4.79 Å². The fraction of sp³-hybridized carbons (Fsp3) is 0.143. The maximum Gasteiger partial charge on any atom is 0.336 e. The first-order valence-corrected chi connectivity index (χ1v) is 5.53. The lowest BCUT2D eigenvalue weighted by atomic mass is 9.94. The van der Waals surface area contributed by atoms with Crippen molar-refractivity contribution in [2.45, 2.75) is 5.92 Å². The Hall–Kier alpha value is -2.36. The fourth-order valence-corrected chi connectivity index (χ4v) is 2.13. The molecule has 18 heavy (non-hydrogen) atoms. The van der Waals surface area contributed by atoms with E-state index in [0.29, 0.717) is 5.58 Å². The average Bonchev–Trinajstić information content (AvgIpc) is 2.68. The van der Waals surface area contributed by atoms with Crippen LogP contribution in [0.2, 0.25) is 0 Å². The van der Waals surface area contributed by atoms with Gasteiger partial charge in [-0.1, -0.05) is 18.7 Å². The maximum atomic E-state index is 11.6. The lowest BCUT2D eigenvalue weighted by Gasteiger charge is -2.07. The van der Waals surface area contributed by atoms with Crippen LogP contribution in [0, 0.1) is 0 Å². The van der Waals surface area contributed by atoms with Gasteiger partial charge in [-0.3, -0.25) is 4.79 Å². The first kappa shape index (κ1) is 10.8. The smallest absolute Gasteiger partial charge is 0.336 e. The highest BCUT2D eigenvalue weighted by atomic mass is 16.5. The van der Waals surface area contributed by atoms with Crippen LogP contribution in [0.1, 0.15) is 11.5 Å². The zero-order valence-electron chi connectivity index (χ0n) is 9.51. The quantitative estimate of drug-likeness (QED) is 0.436. The van der Waals surface area contributed by atoms with E-state index < -0.39 is 11.5 Å². The lowest BCUT2D eigenvalue weighted by Crippen LogP contribution is -2.06. The predicted molar refractivity (Wildman–Crippen MR) is 65.3 cm³/mol. The summed E-state index contributed by atoms with van der Waals surface area (Å²) in [6.07, 6.45) is 0. The third-order valence-corrected chi connectivity index (χ3v) is 3.02. The van der Waals surface area contributed by atoms with E-state index in [2.05, 4.69) is 6.58 Å². The number of cyclic esters (lactones) is 1. The number of hydrogen-bond donors (Lipinski definition) is 0. The van der Waals surface area contributed by atoms with E-state index in [1.807, 2.05) is 12.1 Å². The molecule has 1 fully saturated rings. The summed E-state index contributed by atoms with van der Waals surface area (Å²) in [4.78, 5) is 22.8. The number of esters is 1. The Balaban J connectivity index is 2.15. The molecule has 0 N–H and O–H groups in total. The number of carbonyl (C=O) groups is 1. The van der Waals surface area contributed by atoms with E-state index in [1.165, 1.54) is 6.07 Å². The standard InChI is InChI=1S/C14H10O4/c1-8-7-17-14(16)13(8)10-3-2-9-4-5-12(15)18-11(9)6-10/h2-6,13H,1,7H2/t13-/m0/s1. The van der Waals surface area contributed by atoms with Crippen molar-refractivity contribution in [3.8, 4) is 0 Å². The number of fused-ring (bicyclic) bond motifs is 1. The molecule has 1 atom stereocenters. The summed E-state index contributed by atoms with van der Waals surface area (Å²) in [7, 11) is 0. The van der Waals surface area contributed by atoms with E-state index in [4.69, 9.17) is 9.15 Å². The molecule has 0 radical (unpaired) electrons. The van der Waals surface area contributed by atoms with Gasteiger partial charge < -0.3 is 9.15 Å². The largest absolute Gasteiger partial charge is 0.460 e. The SMILES string of the molecule is C=C1COC(=O)[C@@H]1c1ccc2ccc(=O)oc2c1. The zero-order chi connectivity index (χ0) is 12.7. The summed E-state index contributed by atoms with van der Waals surface area (Å²) >= 11 is 0. The van der Waals surface area contributed by atoms with Gasteiger partial charge in [0.1, 0.15) is 18.1 Å². The molecule has 0 amide bonds. The molecule has 1 aliphatic heterocycles. The molecule has 2 heterocycles. The molecule has 0 bridgehead atoms. The Kier molecular flexibility index (Phi) is 2.30. The summed E-state index contributed by atoms with van der Waals surface area (Å²) < 4.78 is 10.0. The van der Waals surface area contributed by atoms with Gasteiger partial charge >= 0.3 is 11.6 Å². The van der Waals surface area contributed by atoms with E-state index in [9.17, 15) is 9.59 Å². The lowest BCUT2D eigenvalue weighted by molar-refractivity contribution is -0.139. The topological polar surface area (TPSA) is 56.5 Å². The van der Waals surface area contributed by atoms with Crippen LogP contribution in [0.3, 0.4) is 0 Å².